The summed E-state index contributed by atoms with van der Waals surface area (Å²) in [6.45, 7) is 0.353. The molecule has 0 heterocycles. The number of unbranched alkanes of at least 4 members (excludes halogenated alkanes) is 12. The minimum atomic E-state index is -5.57. The van der Waals surface area contributed by atoms with Gasteiger partial charge in [0.15, 0.2) is 6.10 Å². The molecule has 5 unspecified atom stereocenters. The first-order valence-electron chi connectivity index (χ1n) is 18.3. The van der Waals surface area contributed by atoms with Gasteiger partial charge in [-0.25, -0.2) is 18.5 Å². The van der Waals surface area contributed by atoms with Crippen LogP contribution in [0.2, 0.25) is 0 Å². The summed E-state index contributed by atoms with van der Waals surface area (Å²) in [4.78, 5) is 72.2. The number of phosphoric ester groups is 3. The van der Waals surface area contributed by atoms with Crippen molar-refractivity contribution in [2.24, 2.45) is 0 Å². The zero-order valence-electron chi connectivity index (χ0n) is 31.8. The van der Waals surface area contributed by atoms with Gasteiger partial charge in [-0.3, -0.25) is 22.9 Å². The van der Waals surface area contributed by atoms with Gasteiger partial charge in [-0.05, 0) is 53.8 Å². The first-order valence-corrected chi connectivity index (χ1v) is 22.9. The number of aliphatic hydroxyl groups is 3. The molecule has 0 radical (unpaired) electrons. The number of carbonyl (C=O) groups is 2. The lowest BCUT2D eigenvalue weighted by Gasteiger charge is -2.44. The molecule has 0 aromatic rings. The maximum atomic E-state index is 13.0. The van der Waals surface area contributed by atoms with E-state index in [0.717, 1.165) is 25.7 Å². The second kappa shape index (κ2) is 28.4. The van der Waals surface area contributed by atoms with E-state index in [0.29, 0.717) is 12.8 Å². The van der Waals surface area contributed by atoms with Gasteiger partial charge < -0.3 is 49.3 Å². The molecular formula is C36H51O19P3. The van der Waals surface area contributed by atoms with Crippen molar-refractivity contribution in [1.29, 1.82) is 0 Å². The second-order valence-corrected chi connectivity index (χ2v) is 16.6. The van der Waals surface area contributed by atoms with Crippen LogP contribution in [0.4, 0.5) is 0 Å². The molecule has 22 heteroatoms. The Kier molecular flexibility index (Phi) is 26.0. The zero-order valence-corrected chi connectivity index (χ0v) is 34.5. The van der Waals surface area contributed by atoms with E-state index < -0.39 is 91.3 Å². The van der Waals surface area contributed by atoms with Crippen molar-refractivity contribution in [3.05, 3.63) is 0 Å². The van der Waals surface area contributed by atoms with E-state index in [2.05, 4.69) is 57.4 Å². The molecular weight excluding hydrogens is 829 g/mol. The highest BCUT2D eigenvalue weighted by Crippen LogP contribution is 2.51. The summed E-state index contributed by atoms with van der Waals surface area (Å²) in [5.74, 6) is 17.9. The fourth-order valence-electron chi connectivity index (χ4n) is 5.35. The zero-order chi connectivity index (χ0) is 43.6. The van der Waals surface area contributed by atoms with Crippen molar-refractivity contribution in [3.63, 3.8) is 0 Å². The fourth-order valence-corrected chi connectivity index (χ4v) is 7.45. The lowest BCUT2D eigenvalue weighted by Crippen LogP contribution is -2.65. The number of hydrogen-bond donors (Lipinski definition) is 8. The lowest BCUT2D eigenvalue weighted by atomic mass is 9.85. The lowest BCUT2D eigenvalue weighted by molar-refractivity contribution is -0.213. The smallest absolute Gasteiger partial charge is 0.456 e. The van der Waals surface area contributed by atoms with Gasteiger partial charge in [0, 0.05) is 12.3 Å². The first kappa shape index (κ1) is 53.0. The predicted molar refractivity (Wildman–Crippen MR) is 204 cm³/mol. The Balaban J connectivity index is 2.94. The first-order chi connectivity index (χ1) is 27.3. The number of rotatable bonds is 26. The van der Waals surface area contributed by atoms with Crippen LogP contribution in [0.1, 0.15) is 96.8 Å². The van der Waals surface area contributed by atoms with E-state index >= 15 is 0 Å². The Hall–Kier alpha value is -3.05. The van der Waals surface area contributed by atoms with Crippen molar-refractivity contribution in [2.75, 3.05) is 13.2 Å². The maximum Gasteiger partial charge on any atom is 0.472 e. The van der Waals surface area contributed by atoms with E-state index in [1.54, 1.807) is 0 Å². The van der Waals surface area contributed by atoms with Crippen LogP contribution >= 0.6 is 23.5 Å². The fraction of sp³-hybridized carbons (Fsp3) is 0.667. The van der Waals surface area contributed by atoms with Crippen LogP contribution in [0.15, 0.2) is 0 Å². The minimum Gasteiger partial charge on any atom is -0.456 e. The Bertz CT molecular complexity index is 1700. The third kappa shape index (κ3) is 24.8. The quantitative estimate of drug-likeness (QED) is 0.0203. The van der Waals surface area contributed by atoms with Crippen molar-refractivity contribution in [3.8, 4) is 59.7 Å². The van der Waals surface area contributed by atoms with Gasteiger partial charge in [0.1, 0.15) is 43.2 Å². The number of aliphatic hydroxyl groups excluding tert-OH is 3. The largest absolute Gasteiger partial charge is 0.472 e. The number of ether oxygens (including phenoxy) is 2. The Labute approximate surface area is 338 Å². The molecule has 0 aromatic heterocycles. The number of carbonyl (C=O) groups excluding carboxylic acids is 2. The van der Waals surface area contributed by atoms with E-state index in [-0.39, 0.29) is 6.42 Å². The van der Waals surface area contributed by atoms with Crippen LogP contribution in [-0.2, 0) is 50.9 Å². The van der Waals surface area contributed by atoms with Crippen LogP contribution in [-0.4, -0.2) is 108 Å². The second-order valence-electron chi connectivity index (χ2n) is 12.8. The molecule has 0 spiro atoms. The third-order valence-corrected chi connectivity index (χ3v) is 10.0. The Morgan fingerprint density at radius 2 is 1.02 bits per heavy atom. The summed E-state index contributed by atoms with van der Waals surface area (Å²) in [7, 11) is -16.7. The molecule has 0 amide bonds. The molecule has 8 N–H and O–H groups in total. The van der Waals surface area contributed by atoms with E-state index in [1.165, 1.54) is 44.9 Å². The van der Waals surface area contributed by atoms with Crippen LogP contribution in [0.25, 0.3) is 0 Å². The molecule has 1 rings (SSSR count). The number of phosphoric acid groups is 3. The van der Waals surface area contributed by atoms with Crippen LogP contribution < -0.4 is 0 Å². The Morgan fingerprint density at radius 3 is 1.47 bits per heavy atom. The molecule has 0 aliphatic heterocycles. The summed E-state index contributed by atoms with van der Waals surface area (Å²) >= 11 is 0. The van der Waals surface area contributed by atoms with Gasteiger partial charge >= 0.3 is 35.4 Å². The van der Waals surface area contributed by atoms with E-state index in [4.69, 9.17) is 24.9 Å². The molecule has 58 heavy (non-hydrogen) atoms. The van der Waals surface area contributed by atoms with Gasteiger partial charge in [-0.1, -0.05) is 84.0 Å². The normalized spacial score (nSPS) is 21.7. The molecule has 1 aliphatic rings. The molecule has 324 valence electrons. The molecule has 0 saturated heterocycles. The van der Waals surface area contributed by atoms with Crippen molar-refractivity contribution < 1.29 is 90.6 Å². The summed E-state index contributed by atoms with van der Waals surface area (Å²) in [6.07, 6.45) is 1.95. The summed E-state index contributed by atoms with van der Waals surface area (Å²) < 4.78 is 64.3. The standard InChI is InChI=1S/C36H51O19P3/c1-3-5-7-9-11-13-14-15-16-17-19-21-23-25-30(38)52-28(26-50-29(37)24-22-20-18-12-10-8-6-4-2)27-51-58(48,49)55-36-32(40)34(53-56(42,43)44)31(39)35(33(36)41)54-57(45,46)47/h2,28,31-36,39-41H,3,5,7,9,11,13-17,19,21,23,25-27H2,1H3,(H,48,49)(H2,42,43,44)(H2,45,46,47)/t28-,31?,32-,33?,34?,35+,36?/m0/s1. The highest BCUT2D eigenvalue weighted by molar-refractivity contribution is 7.47. The van der Waals surface area contributed by atoms with Crippen LogP contribution in [0.5, 0.6) is 0 Å². The van der Waals surface area contributed by atoms with Crippen LogP contribution in [0.3, 0.4) is 0 Å². The Morgan fingerprint density at radius 1 is 0.603 bits per heavy atom. The SMILES string of the molecule is C#CC#CC#CC#CC#CC(=O)OC[C@@H](COP(=O)(O)OC1C(O)[C@H](OP(=O)(O)O)C(O)C(OP(=O)(O)O)[C@@H]1O)OC(=O)CCCCCCCCCCCCCCC. The predicted octanol–water partition coefficient (Wildman–Crippen LogP) is 2.12. The van der Waals surface area contributed by atoms with Crippen LogP contribution in [0, 0.1) is 59.7 Å². The van der Waals surface area contributed by atoms with Gasteiger partial charge in [-0.15, -0.1) is 6.42 Å². The van der Waals surface area contributed by atoms with Gasteiger partial charge in [0.25, 0.3) is 0 Å². The maximum absolute atomic E-state index is 13.0. The molecule has 0 bridgehead atoms. The molecule has 0 aromatic carbocycles. The summed E-state index contributed by atoms with van der Waals surface area (Å²) in [5.41, 5.74) is 0. The average Bonchev–Trinajstić information content (AvgIpc) is 3.14. The minimum absolute atomic E-state index is 0.0810. The summed E-state index contributed by atoms with van der Waals surface area (Å²) in [6, 6.07) is 0. The van der Waals surface area contributed by atoms with E-state index in [1.807, 2.05) is 11.8 Å². The third-order valence-electron chi connectivity index (χ3n) is 8.01. The molecule has 1 aliphatic carbocycles. The van der Waals surface area contributed by atoms with Gasteiger partial charge in [0.2, 0.25) is 0 Å². The monoisotopic (exact) mass is 880 g/mol. The topological polar surface area (TPSA) is 303 Å². The van der Waals surface area contributed by atoms with Gasteiger partial charge in [-0.2, -0.15) is 0 Å². The summed E-state index contributed by atoms with van der Waals surface area (Å²) in [5, 5.41) is 31.6. The number of hydrogen-bond acceptors (Lipinski definition) is 14. The molecule has 1 saturated carbocycles. The van der Waals surface area contributed by atoms with Gasteiger partial charge in [0.05, 0.1) is 6.61 Å². The number of esters is 2. The molecule has 8 atom stereocenters. The highest BCUT2D eigenvalue weighted by atomic mass is 31.2. The van der Waals surface area contributed by atoms with Crippen molar-refractivity contribution in [1.82, 2.24) is 0 Å². The highest BCUT2D eigenvalue weighted by Gasteiger charge is 2.56. The van der Waals surface area contributed by atoms with Crippen molar-refractivity contribution in [2.45, 2.75) is 140 Å². The average molecular weight is 881 g/mol. The van der Waals surface area contributed by atoms with Crippen molar-refractivity contribution >= 4 is 35.4 Å². The number of terminal acetylenes is 1. The van der Waals surface area contributed by atoms with E-state index in [9.17, 15) is 63.1 Å². The molecule has 1 fully saturated rings. The molecule has 19 nitrogen and oxygen atoms in total.